The topological polar surface area (TPSA) is 55.4 Å². The predicted molar refractivity (Wildman–Crippen MR) is 103 cm³/mol. The lowest BCUT2D eigenvalue weighted by Gasteiger charge is -2.16. The van der Waals surface area contributed by atoms with Crippen LogP contribution < -0.4 is 5.32 Å². The molecule has 1 amide bonds. The van der Waals surface area contributed by atoms with E-state index in [1.807, 2.05) is 12.1 Å². The van der Waals surface area contributed by atoms with Crippen LogP contribution in [0.25, 0.3) is 0 Å². The summed E-state index contributed by atoms with van der Waals surface area (Å²) in [7, 11) is 0. The van der Waals surface area contributed by atoms with Crippen molar-refractivity contribution in [1.29, 1.82) is 0 Å². The number of fused-ring (bicyclic) bond motifs is 1. The number of benzene rings is 2. The van der Waals surface area contributed by atoms with Gasteiger partial charge in [0.05, 0.1) is 21.3 Å². The van der Waals surface area contributed by atoms with Crippen molar-refractivity contribution >= 4 is 52.4 Å². The fourth-order valence-corrected chi connectivity index (χ4v) is 3.82. The summed E-state index contributed by atoms with van der Waals surface area (Å²) in [6, 6.07) is 8.46. The second-order valence-electron chi connectivity index (χ2n) is 6.06. The Balaban J connectivity index is 1.60. The van der Waals surface area contributed by atoms with E-state index in [9.17, 15) is 9.59 Å². The number of esters is 1. The van der Waals surface area contributed by atoms with Crippen molar-refractivity contribution < 1.29 is 14.3 Å². The van der Waals surface area contributed by atoms with E-state index in [1.165, 1.54) is 29.7 Å². The van der Waals surface area contributed by atoms with Crippen LogP contribution in [0.15, 0.2) is 30.3 Å². The highest BCUT2D eigenvalue weighted by atomic mass is 35.5. The molecule has 2 aromatic carbocycles. The molecule has 26 heavy (non-hydrogen) atoms. The van der Waals surface area contributed by atoms with Crippen LogP contribution in [-0.2, 0) is 22.4 Å². The zero-order valence-electron chi connectivity index (χ0n) is 13.8. The van der Waals surface area contributed by atoms with E-state index >= 15 is 0 Å². The Morgan fingerprint density at radius 3 is 2.31 bits per heavy atom. The van der Waals surface area contributed by atoms with Gasteiger partial charge in [-0.15, -0.1) is 0 Å². The number of halogens is 3. The van der Waals surface area contributed by atoms with E-state index in [0.29, 0.717) is 10.6 Å². The molecule has 0 atom stereocenters. The molecule has 0 radical (unpaired) electrons. The Labute approximate surface area is 166 Å². The molecule has 7 heteroatoms. The molecule has 0 heterocycles. The first kappa shape index (κ1) is 19.0. The number of hydrogen-bond acceptors (Lipinski definition) is 3. The number of carbonyl (C=O) groups is 2. The van der Waals surface area contributed by atoms with Crippen LogP contribution in [0, 0.1) is 0 Å². The fraction of sp³-hybridized carbons (Fsp3) is 0.263. The molecular weight excluding hydrogens is 397 g/mol. The van der Waals surface area contributed by atoms with Crippen LogP contribution in [0.3, 0.4) is 0 Å². The third-order valence-corrected chi connectivity index (χ3v) is 5.00. The van der Waals surface area contributed by atoms with Crippen LogP contribution in [-0.4, -0.2) is 18.5 Å². The van der Waals surface area contributed by atoms with Gasteiger partial charge in [-0.25, -0.2) is 4.79 Å². The Bertz CT molecular complexity index is 844. The fourth-order valence-electron chi connectivity index (χ4n) is 2.91. The number of rotatable bonds is 4. The van der Waals surface area contributed by atoms with Crippen molar-refractivity contribution in [1.82, 2.24) is 0 Å². The summed E-state index contributed by atoms with van der Waals surface area (Å²) >= 11 is 17.9. The minimum Gasteiger partial charge on any atom is -0.452 e. The van der Waals surface area contributed by atoms with Crippen molar-refractivity contribution in [2.24, 2.45) is 0 Å². The highest BCUT2D eigenvalue weighted by Gasteiger charge is 2.16. The minimum atomic E-state index is -0.540. The maximum Gasteiger partial charge on any atom is 0.338 e. The average Bonchev–Trinajstić information content (AvgIpc) is 2.62. The van der Waals surface area contributed by atoms with Gasteiger partial charge in [0.1, 0.15) is 0 Å². The van der Waals surface area contributed by atoms with Crippen molar-refractivity contribution in [3.63, 3.8) is 0 Å². The summed E-state index contributed by atoms with van der Waals surface area (Å²) in [5.74, 6) is -1.08. The largest absolute Gasteiger partial charge is 0.452 e. The normalized spacial score (nSPS) is 13.0. The molecule has 0 saturated carbocycles. The summed E-state index contributed by atoms with van der Waals surface area (Å²) in [4.78, 5) is 24.2. The molecule has 0 aliphatic heterocycles. The Morgan fingerprint density at radius 1 is 0.962 bits per heavy atom. The standard InChI is InChI=1S/C19H16Cl3NO3/c20-14-8-15(21)18(16(22)9-14)23-17(24)10-26-19(25)13-6-5-11-3-1-2-4-12(11)7-13/h5-9H,1-4,10H2,(H,23,24). The molecule has 0 aromatic heterocycles. The van der Waals surface area contributed by atoms with Gasteiger partial charge in [0.15, 0.2) is 6.61 Å². The summed E-state index contributed by atoms with van der Waals surface area (Å²) in [6.07, 6.45) is 4.30. The van der Waals surface area contributed by atoms with Gasteiger partial charge >= 0.3 is 5.97 Å². The van der Waals surface area contributed by atoms with E-state index < -0.39 is 18.5 Å². The smallest absolute Gasteiger partial charge is 0.338 e. The van der Waals surface area contributed by atoms with Crippen LogP contribution >= 0.6 is 34.8 Å². The highest BCUT2D eigenvalue weighted by Crippen LogP contribution is 2.33. The first-order valence-electron chi connectivity index (χ1n) is 8.17. The second kappa shape index (κ2) is 8.30. The lowest BCUT2D eigenvalue weighted by Crippen LogP contribution is -2.21. The maximum atomic E-state index is 12.2. The zero-order chi connectivity index (χ0) is 18.7. The summed E-state index contributed by atoms with van der Waals surface area (Å²) in [6.45, 7) is -0.439. The van der Waals surface area contributed by atoms with E-state index in [0.717, 1.165) is 19.3 Å². The number of anilines is 1. The molecule has 0 bridgehead atoms. The average molecular weight is 413 g/mol. The molecule has 0 spiro atoms. The van der Waals surface area contributed by atoms with Crippen molar-refractivity contribution in [2.75, 3.05) is 11.9 Å². The van der Waals surface area contributed by atoms with E-state index in [-0.39, 0.29) is 15.7 Å². The van der Waals surface area contributed by atoms with Gasteiger partial charge in [-0.1, -0.05) is 40.9 Å². The summed E-state index contributed by atoms with van der Waals surface area (Å²) in [5.41, 5.74) is 3.13. The minimum absolute atomic E-state index is 0.205. The van der Waals surface area contributed by atoms with Crippen molar-refractivity contribution in [2.45, 2.75) is 25.7 Å². The molecule has 1 aliphatic rings. The number of carbonyl (C=O) groups excluding carboxylic acids is 2. The molecule has 1 N–H and O–H groups in total. The summed E-state index contributed by atoms with van der Waals surface area (Å²) < 4.78 is 5.09. The predicted octanol–water partition coefficient (Wildman–Crippen LogP) is 5.32. The summed E-state index contributed by atoms with van der Waals surface area (Å²) in [5, 5.41) is 3.29. The zero-order valence-corrected chi connectivity index (χ0v) is 16.0. The van der Waals surface area contributed by atoms with Crippen molar-refractivity contribution in [3.05, 3.63) is 62.1 Å². The van der Waals surface area contributed by atoms with Gasteiger partial charge in [0.25, 0.3) is 5.91 Å². The third-order valence-electron chi connectivity index (χ3n) is 4.19. The number of ether oxygens (including phenoxy) is 1. The van der Waals surface area contributed by atoms with Crippen molar-refractivity contribution in [3.8, 4) is 0 Å². The van der Waals surface area contributed by atoms with E-state index in [2.05, 4.69) is 5.32 Å². The quantitative estimate of drug-likeness (QED) is 0.691. The highest BCUT2D eigenvalue weighted by molar-refractivity contribution is 6.42. The molecule has 1 aliphatic carbocycles. The van der Waals surface area contributed by atoms with Gasteiger partial charge in [-0.05, 0) is 61.1 Å². The van der Waals surface area contributed by atoms with Gasteiger partial charge in [-0.2, -0.15) is 0 Å². The van der Waals surface area contributed by atoms with Crippen LogP contribution in [0.1, 0.15) is 34.3 Å². The Hall–Kier alpha value is -1.75. The monoisotopic (exact) mass is 411 g/mol. The van der Waals surface area contributed by atoms with Crippen LogP contribution in [0.4, 0.5) is 5.69 Å². The lowest BCUT2D eigenvalue weighted by molar-refractivity contribution is -0.119. The molecular formula is C19H16Cl3NO3. The van der Waals surface area contributed by atoms with E-state index in [4.69, 9.17) is 39.5 Å². The molecule has 0 saturated heterocycles. The number of hydrogen-bond donors (Lipinski definition) is 1. The van der Waals surface area contributed by atoms with Gasteiger partial charge in [0, 0.05) is 5.02 Å². The van der Waals surface area contributed by atoms with Gasteiger partial charge < -0.3 is 10.1 Å². The second-order valence-corrected chi connectivity index (χ2v) is 7.31. The van der Waals surface area contributed by atoms with Gasteiger partial charge in [0.2, 0.25) is 0 Å². The molecule has 3 rings (SSSR count). The first-order chi connectivity index (χ1) is 12.4. The first-order valence-corrected chi connectivity index (χ1v) is 9.31. The van der Waals surface area contributed by atoms with E-state index in [1.54, 1.807) is 6.07 Å². The molecule has 4 nitrogen and oxygen atoms in total. The SMILES string of the molecule is O=C(COC(=O)c1ccc2c(c1)CCCC2)Nc1c(Cl)cc(Cl)cc1Cl. The van der Waals surface area contributed by atoms with Crippen LogP contribution in [0.5, 0.6) is 0 Å². The number of amides is 1. The number of nitrogens with one attached hydrogen (secondary N) is 1. The molecule has 0 fully saturated rings. The Morgan fingerprint density at radius 2 is 1.62 bits per heavy atom. The Kier molecular flexibility index (Phi) is 6.07. The third kappa shape index (κ3) is 4.50. The number of aryl methyl sites for hydroxylation is 2. The molecule has 136 valence electrons. The lowest BCUT2D eigenvalue weighted by atomic mass is 9.90. The maximum absolute atomic E-state index is 12.2. The van der Waals surface area contributed by atoms with Crippen LogP contribution in [0.2, 0.25) is 15.1 Å². The molecule has 0 unspecified atom stereocenters. The molecule has 2 aromatic rings. The van der Waals surface area contributed by atoms with Gasteiger partial charge in [-0.3, -0.25) is 4.79 Å².